The standard InChI is InChI=1S/C19H23NO2S/c21-16(15-7-2-1-3-8-15)10-13-20-18(22)19(11-4-5-12-19)17-9-6-14-23-17/h1-3,6-9,14,16,21H,4-5,10-13H2,(H,20,22). The van der Waals surface area contributed by atoms with E-state index in [1.54, 1.807) is 11.3 Å². The van der Waals surface area contributed by atoms with Crippen LogP contribution in [0.4, 0.5) is 0 Å². The van der Waals surface area contributed by atoms with E-state index >= 15 is 0 Å². The molecule has 2 N–H and O–H groups in total. The molecule has 1 fully saturated rings. The van der Waals surface area contributed by atoms with Gasteiger partial charge >= 0.3 is 0 Å². The minimum atomic E-state index is -0.530. The summed E-state index contributed by atoms with van der Waals surface area (Å²) in [6, 6.07) is 13.7. The number of rotatable bonds is 6. The Bertz CT molecular complexity index is 618. The Morgan fingerprint density at radius 1 is 1.17 bits per heavy atom. The van der Waals surface area contributed by atoms with Gasteiger partial charge in [-0.2, -0.15) is 0 Å². The number of hydrogen-bond acceptors (Lipinski definition) is 3. The van der Waals surface area contributed by atoms with Gasteiger partial charge in [-0.05, 0) is 36.3 Å². The Morgan fingerprint density at radius 3 is 2.57 bits per heavy atom. The number of hydrogen-bond donors (Lipinski definition) is 2. The molecule has 1 aliphatic rings. The zero-order chi connectivity index (χ0) is 16.1. The molecule has 1 aromatic heterocycles. The molecular weight excluding hydrogens is 306 g/mol. The first-order valence-electron chi connectivity index (χ1n) is 8.28. The van der Waals surface area contributed by atoms with Crippen molar-refractivity contribution < 1.29 is 9.90 Å². The lowest BCUT2D eigenvalue weighted by atomic mass is 9.83. The van der Waals surface area contributed by atoms with Crippen LogP contribution in [0, 0.1) is 0 Å². The summed E-state index contributed by atoms with van der Waals surface area (Å²) < 4.78 is 0. The third kappa shape index (κ3) is 3.48. The molecule has 3 nitrogen and oxygen atoms in total. The van der Waals surface area contributed by atoms with E-state index in [0.29, 0.717) is 13.0 Å². The largest absolute Gasteiger partial charge is 0.388 e. The van der Waals surface area contributed by atoms with Crippen molar-refractivity contribution >= 4 is 17.2 Å². The van der Waals surface area contributed by atoms with Gasteiger partial charge in [-0.25, -0.2) is 0 Å². The third-order valence-electron chi connectivity index (χ3n) is 4.77. The van der Waals surface area contributed by atoms with Crippen molar-refractivity contribution in [2.24, 2.45) is 0 Å². The highest BCUT2D eigenvalue weighted by Crippen LogP contribution is 2.43. The Labute approximate surface area is 141 Å². The molecule has 2 aromatic rings. The summed E-state index contributed by atoms with van der Waals surface area (Å²) in [5.41, 5.74) is 0.557. The van der Waals surface area contributed by atoms with Crippen molar-refractivity contribution in [3.63, 3.8) is 0 Å². The van der Waals surface area contributed by atoms with E-state index in [-0.39, 0.29) is 11.3 Å². The maximum atomic E-state index is 12.8. The second-order valence-electron chi connectivity index (χ2n) is 6.24. The fraction of sp³-hybridized carbons (Fsp3) is 0.421. The van der Waals surface area contributed by atoms with Gasteiger partial charge in [0.25, 0.3) is 0 Å². The Kier molecular flexibility index (Phi) is 5.13. The lowest BCUT2D eigenvalue weighted by molar-refractivity contribution is -0.126. The monoisotopic (exact) mass is 329 g/mol. The topological polar surface area (TPSA) is 49.3 Å². The average Bonchev–Trinajstić information content (AvgIpc) is 3.27. The number of aliphatic hydroxyl groups excluding tert-OH is 1. The molecule has 1 aliphatic carbocycles. The van der Waals surface area contributed by atoms with Gasteiger partial charge in [-0.1, -0.05) is 49.2 Å². The molecule has 0 saturated heterocycles. The predicted molar refractivity (Wildman–Crippen MR) is 93.5 cm³/mol. The Hall–Kier alpha value is -1.65. The number of carbonyl (C=O) groups excluding carboxylic acids is 1. The van der Waals surface area contributed by atoms with E-state index in [4.69, 9.17) is 0 Å². The number of thiophene rings is 1. The summed E-state index contributed by atoms with van der Waals surface area (Å²) in [4.78, 5) is 14.0. The van der Waals surface area contributed by atoms with Crippen molar-refractivity contribution in [3.05, 3.63) is 58.3 Å². The highest BCUT2D eigenvalue weighted by atomic mass is 32.1. The van der Waals surface area contributed by atoms with Crippen LogP contribution in [0.25, 0.3) is 0 Å². The molecule has 0 spiro atoms. The highest BCUT2D eigenvalue weighted by molar-refractivity contribution is 7.10. The van der Waals surface area contributed by atoms with Crippen LogP contribution in [0.3, 0.4) is 0 Å². The molecule has 23 heavy (non-hydrogen) atoms. The summed E-state index contributed by atoms with van der Waals surface area (Å²) in [7, 11) is 0. The van der Waals surface area contributed by atoms with Gasteiger partial charge < -0.3 is 10.4 Å². The van der Waals surface area contributed by atoms with E-state index < -0.39 is 6.10 Å². The van der Waals surface area contributed by atoms with Crippen LogP contribution in [-0.4, -0.2) is 17.6 Å². The fourth-order valence-corrected chi connectivity index (χ4v) is 4.43. The lowest BCUT2D eigenvalue weighted by Gasteiger charge is -2.26. The predicted octanol–water partition coefficient (Wildman–Crippen LogP) is 3.80. The number of nitrogens with one attached hydrogen (secondary N) is 1. The third-order valence-corrected chi connectivity index (χ3v) is 5.85. The molecule has 122 valence electrons. The summed E-state index contributed by atoms with van der Waals surface area (Å²) in [6.07, 6.45) is 4.09. The fourth-order valence-electron chi connectivity index (χ4n) is 3.45. The second kappa shape index (κ2) is 7.28. The minimum absolute atomic E-state index is 0.123. The summed E-state index contributed by atoms with van der Waals surface area (Å²) >= 11 is 1.67. The molecule has 3 rings (SSSR count). The quantitative estimate of drug-likeness (QED) is 0.847. The molecule has 4 heteroatoms. The van der Waals surface area contributed by atoms with Gasteiger partial charge in [0.2, 0.25) is 5.91 Å². The van der Waals surface area contributed by atoms with E-state index in [2.05, 4.69) is 11.4 Å². The van der Waals surface area contributed by atoms with Crippen LogP contribution in [0.1, 0.15) is 48.6 Å². The maximum absolute atomic E-state index is 12.8. The van der Waals surface area contributed by atoms with Gasteiger partial charge in [0.05, 0.1) is 11.5 Å². The van der Waals surface area contributed by atoms with E-state index in [0.717, 1.165) is 31.2 Å². The van der Waals surface area contributed by atoms with Crippen LogP contribution in [-0.2, 0) is 10.2 Å². The molecule has 1 unspecified atom stereocenters. The highest BCUT2D eigenvalue weighted by Gasteiger charge is 2.43. The van der Waals surface area contributed by atoms with Crippen LogP contribution in [0.2, 0.25) is 0 Å². The van der Waals surface area contributed by atoms with E-state index in [1.807, 2.05) is 41.8 Å². The lowest BCUT2D eigenvalue weighted by Crippen LogP contribution is -2.42. The first-order chi connectivity index (χ1) is 11.2. The van der Waals surface area contributed by atoms with Crippen LogP contribution >= 0.6 is 11.3 Å². The van der Waals surface area contributed by atoms with Crippen molar-refractivity contribution in [3.8, 4) is 0 Å². The van der Waals surface area contributed by atoms with Crippen LogP contribution < -0.4 is 5.32 Å². The Morgan fingerprint density at radius 2 is 1.91 bits per heavy atom. The zero-order valence-corrected chi connectivity index (χ0v) is 14.0. The average molecular weight is 329 g/mol. The maximum Gasteiger partial charge on any atom is 0.231 e. The van der Waals surface area contributed by atoms with Crippen molar-refractivity contribution in [1.29, 1.82) is 0 Å². The number of carbonyl (C=O) groups is 1. The molecule has 1 heterocycles. The summed E-state index contributed by atoms with van der Waals surface area (Å²) in [6.45, 7) is 0.502. The first-order valence-corrected chi connectivity index (χ1v) is 9.16. The number of amides is 1. The second-order valence-corrected chi connectivity index (χ2v) is 7.19. The zero-order valence-electron chi connectivity index (χ0n) is 13.2. The van der Waals surface area contributed by atoms with Crippen molar-refractivity contribution in [2.45, 2.75) is 43.6 Å². The molecule has 1 saturated carbocycles. The minimum Gasteiger partial charge on any atom is -0.388 e. The van der Waals surface area contributed by atoms with E-state index in [9.17, 15) is 9.90 Å². The smallest absolute Gasteiger partial charge is 0.231 e. The number of aliphatic hydroxyl groups is 1. The van der Waals surface area contributed by atoms with Gasteiger partial charge in [-0.15, -0.1) is 11.3 Å². The number of benzene rings is 1. The Balaban J connectivity index is 1.58. The van der Waals surface area contributed by atoms with Crippen molar-refractivity contribution in [2.75, 3.05) is 6.54 Å². The van der Waals surface area contributed by atoms with Crippen LogP contribution in [0.15, 0.2) is 47.8 Å². The van der Waals surface area contributed by atoms with Crippen molar-refractivity contribution in [1.82, 2.24) is 5.32 Å². The van der Waals surface area contributed by atoms with Crippen LogP contribution in [0.5, 0.6) is 0 Å². The van der Waals surface area contributed by atoms with Gasteiger partial charge in [0.1, 0.15) is 0 Å². The normalized spacial score (nSPS) is 17.8. The van der Waals surface area contributed by atoms with Gasteiger partial charge in [0, 0.05) is 11.4 Å². The SMILES string of the molecule is O=C(NCCC(O)c1ccccc1)C1(c2cccs2)CCCC1. The molecule has 1 aromatic carbocycles. The van der Waals surface area contributed by atoms with Gasteiger partial charge in [-0.3, -0.25) is 4.79 Å². The summed E-state index contributed by atoms with van der Waals surface area (Å²) in [5.74, 6) is 0.123. The molecule has 1 atom stereocenters. The molecule has 1 amide bonds. The molecule has 0 aliphatic heterocycles. The van der Waals surface area contributed by atoms with Gasteiger partial charge in [0.15, 0.2) is 0 Å². The molecular formula is C19H23NO2S. The molecule has 0 bridgehead atoms. The van der Waals surface area contributed by atoms with E-state index in [1.165, 1.54) is 4.88 Å². The summed E-state index contributed by atoms with van der Waals surface area (Å²) in [5, 5.41) is 15.3. The molecule has 0 radical (unpaired) electrons. The first kappa shape index (κ1) is 16.2.